The maximum atomic E-state index is 11.8. The normalized spacial score (nSPS) is 19.3. The van der Waals surface area contributed by atoms with E-state index >= 15 is 0 Å². The SMILES string of the molecule is CN1CC(C(=O)NCCCn2cncn2)CC1=O. The predicted molar refractivity (Wildman–Crippen MR) is 63.4 cm³/mol. The Kier molecular flexibility index (Phi) is 3.91. The molecule has 18 heavy (non-hydrogen) atoms. The number of rotatable bonds is 5. The molecule has 1 unspecified atom stereocenters. The molecule has 1 saturated heterocycles. The maximum Gasteiger partial charge on any atom is 0.225 e. The molecule has 0 spiro atoms. The minimum atomic E-state index is -0.200. The van der Waals surface area contributed by atoms with Crippen LogP contribution in [-0.4, -0.2) is 51.6 Å². The molecular formula is C11H17N5O2. The van der Waals surface area contributed by atoms with Gasteiger partial charge in [0.15, 0.2) is 0 Å². The van der Waals surface area contributed by atoms with Crippen molar-refractivity contribution in [3.8, 4) is 0 Å². The zero-order valence-electron chi connectivity index (χ0n) is 10.4. The van der Waals surface area contributed by atoms with Gasteiger partial charge in [0.2, 0.25) is 11.8 Å². The van der Waals surface area contributed by atoms with Crippen LogP contribution in [0.5, 0.6) is 0 Å². The fraction of sp³-hybridized carbons (Fsp3) is 0.636. The summed E-state index contributed by atoms with van der Waals surface area (Å²) in [6, 6.07) is 0. The van der Waals surface area contributed by atoms with E-state index in [2.05, 4.69) is 15.4 Å². The van der Waals surface area contributed by atoms with Crippen LogP contribution < -0.4 is 5.32 Å². The topological polar surface area (TPSA) is 80.1 Å². The third kappa shape index (κ3) is 3.06. The molecule has 0 saturated carbocycles. The molecule has 2 amide bonds. The smallest absolute Gasteiger partial charge is 0.225 e. The number of hydrogen-bond acceptors (Lipinski definition) is 4. The number of hydrogen-bond donors (Lipinski definition) is 1. The molecule has 7 heteroatoms. The molecule has 0 aliphatic carbocycles. The van der Waals surface area contributed by atoms with Gasteiger partial charge in [0.05, 0.1) is 5.92 Å². The summed E-state index contributed by atoms with van der Waals surface area (Å²) in [5, 5.41) is 6.82. The van der Waals surface area contributed by atoms with Crippen LogP contribution >= 0.6 is 0 Å². The van der Waals surface area contributed by atoms with Crippen molar-refractivity contribution in [1.82, 2.24) is 25.0 Å². The van der Waals surface area contributed by atoms with Crippen LogP contribution in [0, 0.1) is 5.92 Å². The van der Waals surface area contributed by atoms with Gasteiger partial charge in [-0.3, -0.25) is 14.3 Å². The van der Waals surface area contributed by atoms with E-state index < -0.39 is 0 Å². The van der Waals surface area contributed by atoms with Crippen molar-refractivity contribution in [2.45, 2.75) is 19.4 Å². The standard InChI is InChI=1S/C11H17N5O2/c1-15-6-9(5-10(15)17)11(18)13-3-2-4-16-8-12-7-14-16/h7-9H,2-6H2,1H3,(H,13,18). The lowest BCUT2D eigenvalue weighted by atomic mass is 10.1. The van der Waals surface area contributed by atoms with Gasteiger partial charge in [0, 0.05) is 33.1 Å². The zero-order valence-corrected chi connectivity index (χ0v) is 10.4. The Morgan fingerprint density at radius 2 is 2.44 bits per heavy atom. The molecule has 0 bridgehead atoms. The van der Waals surface area contributed by atoms with E-state index in [1.807, 2.05) is 0 Å². The summed E-state index contributed by atoms with van der Waals surface area (Å²) in [5.74, 6) is -0.196. The Bertz CT molecular complexity index is 417. The van der Waals surface area contributed by atoms with E-state index in [9.17, 15) is 9.59 Å². The van der Waals surface area contributed by atoms with Crippen molar-refractivity contribution >= 4 is 11.8 Å². The molecule has 1 aliphatic heterocycles. The summed E-state index contributed by atoms with van der Waals surface area (Å²) >= 11 is 0. The predicted octanol–water partition coefficient (Wildman–Crippen LogP) is -0.737. The van der Waals surface area contributed by atoms with Crippen LogP contribution in [0.3, 0.4) is 0 Å². The molecule has 2 heterocycles. The first-order valence-corrected chi connectivity index (χ1v) is 6.01. The Hall–Kier alpha value is -1.92. The molecule has 1 aliphatic rings. The van der Waals surface area contributed by atoms with Gasteiger partial charge in [0.1, 0.15) is 12.7 Å². The number of carbonyl (C=O) groups is 2. The van der Waals surface area contributed by atoms with Crippen molar-refractivity contribution in [1.29, 1.82) is 0 Å². The number of nitrogens with one attached hydrogen (secondary N) is 1. The van der Waals surface area contributed by atoms with Crippen molar-refractivity contribution in [2.24, 2.45) is 5.92 Å². The number of carbonyl (C=O) groups excluding carboxylic acids is 2. The van der Waals surface area contributed by atoms with Gasteiger partial charge in [0.25, 0.3) is 0 Å². The van der Waals surface area contributed by atoms with Crippen LogP contribution in [-0.2, 0) is 16.1 Å². The molecule has 1 fully saturated rings. The fourth-order valence-electron chi connectivity index (χ4n) is 1.98. The maximum absolute atomic E-state index is 11.8. The van der Waals surface area contributed by atoms with E-state index in [4.69, 9.17) is 0 Å². The van der Waals surface area contributed by atoms with Gasteiger partial charge in [-0.2, -0.15) is 5.10 Å². The molecule has 1 N–H and O–H groups in total. The number of likely N-dealkylation sites (tertiary alicyclic amines) is 1. The highest BCUT2D eigenvalue weighted by atomic mass is 16.2. The summed E-state index contributed by atoms with van der Waals surface area (Å²) in [6.45, 7) is 1.84. The van der Waals surface area contributed by atoms with Gasteiger partial charge in [-0.25, -0.2) is 4.98 Å². The van der Waals surface area contributed by atoms with Gasteiger partial charge in [-0.15, -0.1) is 0 Å². The van der Waals surface area contributed by atoms with Crippen LogP contribution in [0.4, 0.5) is 0 Å². The second-order valence-electron chi connectivity index (χ2n) is 4.48. The monoisotopic (exact) mass is 251 g/mol. The molecule has 1 aromatic rings. The van der Waals surface area contributed by atoms with Gasteiger partial charge >= 0.3 is 0 Å². The molecule has 98 valence electrons. The van der Waals surface area contributed by atoms with Gasteiger partial charge in [-0.1, -0.05) is 0 Å². The number of aromatic nitrogens is 3. The molecule has 7 nitrogen and oxygen atoms in total. The van der Waals surface area contributed by atoms with E-state index in [0.29, 0.717) is 19.5 Å². The average molecular weight is 251 g/mol. The second kappa shape index (κ2) is 5.61. The van der Waals surface area contributed by atoms with E-state index in [1.54, 1.807) is 23.0 Å². The Labute approximate surface area is 105 Å². The summed E-state index contributed by atoms with van der Waals surface area (Å²) in [5.41, 5.74) is 0. The molecule has 0 radical (unpaired) electrons. The highest BCUT2D eigenvalue weighted by Crippen LogP contribution is 2.15. The fourth-order valence-corrected chi connectivity index (χ4v) is 1.98. The van der Waals surface area contributed by atoms with Gasteiger partial charge < -0.3 is 10.2 Å². The first-order chi connectivity index (χ1) is 8.66. The quantitative estimate of drug-likeness (QED) is 0.699. The third-order valence-electron chi connectivity index (χ3n) is 3.04. The third-order valence-corrected chi connectivity index (χ3v) is 3.04. The Balaban J connectivity index is 1.65. The number of amides is 2. The average Bonchev–Trinajstić information content (AvgIpc) is 2.96. The summed E-state index contributed by atoms with van der Waals surface area (Å²) in [7, 11) is 1.72. The molecule has 1 atom stereocenters. The largest absolute Gasteiger partial charge is 0.356 e. The molecule has 1 aromatic heterocycles. The van der Waals surface area contributed by atoms with E-state index in [-0.39, 0.29) is 17.7 Å². The lowest BCUT2D eigenvalue weighted by Crippen LogP contribution is -2.33. The second-order valence-corrected chi connectivity index (χ2v) is 4.48. The highest BCUT2D eigenvalue weighted by Gasteiger charge is 2.31. The lowest BCUT2D eigenvalue weighted by Gasteiger charge is -2.10. The van der Waals surface area contributed by atoms with Crippen LogP contribution in [0.15, 0.2) is 12.7 Å². The van der Waals surface area contributed by atoms with Crippen molar-refractivity contribution in [3.63, 3.8) is 0 Å². The molecule has 2 rings (SSSR count). The first kappa shape index (κ1) is 12.5. The molecular weight excluding hydrogens is 234 g/mol. The Morgan fingerprint density at radius 1 is 1.61 bits per heavy atom. The first-order valence-electron chi connectivity index (χ1n) is 6.01. The minimum absolute atomic E-state index is 0.0358. The molecule has 0 aromatic carbocycles. The number of nitrogens with zero attached hydrogens (tertiary/aromatic N) is 4. The highest BCUT2D eigenvalue weighted by molar-refractivity contribution is 5.89. The minimum Gasteiger partial charge on any atom is -0.356 e. The van der Waals surface area contributed by atoms with Crippen molar-refractivity contribution in [2.75, 3.05) is 20.1 Å². The van der Waals surface area contributed by atoms with Crippen LogP contribution in [0.2, 0.25) is 0 Å². The van der Waals surface area contributed by atoms with Crippen LogP contribution in [0.25, 0.3) is 0 Å². The van der Waals surface area contributed by atoms with Crippen molar-refractivity contribution < 1.29 is 9.59 Å². The summed E-state index contributed by atoms with van der Waals surface area (Å²) < 4.78 is 1.72. The number of aryl methyl sites for hydroxylation is 1. The summed E-state index contributed by atoms with van der Waals surface area (Å²) in [4.78, 5) is 28.5. The van der Waals surface area contributed by atoms with E-state index in [0.717, 1.165) is 13.0 Å². The van der Waals surface area contributed by atoms with E-state index in [1.165, 1.54) is 6.33 Å². The van der Waals surface area contributed by atoms with Crippen LogP contribution in [0.1, 0.15) is 12.8 Å². The Morgan fingerprint density at radius 3 is 3.06 bits per heavy atom. The summed E-state index contributed by atoms with van der Waals surface area (Å²) in [6.07, 6.45) is 4.25. The van der Waals surface area contributed by atoms with Gasteiger partial charge in [-0.05, 0) is 6.42 Å². The zero-order chi connectivity index (χ0) is 13.0. The van der Waals surface area contributed by atoms with Crippen molar-refractivity contribution in [3.05, 3.63) is 12.7 Å². The lowest BCUT2D eigenvalue weighted by molar-refractivity contribution is -0.128.